The fourth-order valence-corrected chi connectivity index (χ4v) is 4.76. The average Bonchev–Trinajstić information content (AvgIpc) is 2.75. The maximum Gasteiger partial charge on any atom is 0.414 e. The van der Waals surface area contributed by atoms with Crippen molar-refractivity contribution in [1.29, 1.82) is 0 Å². The Morgan fingerprint density at radius 1 is 1.00 bits per heavy atom. The van der Waals surface area contributed by atoms with Gasteiger partial charge in [0.1, 0.15) is 5.75 Å². The highest BCUT2D eigenvalue weighted by Crippen LogP contribution is 2.25. The number of morpholine rings is 1. The molecule has 1 aromatic carbocycles. The number of carbonyl (C=O) groups is 2. The number of hydrogen-bond acceptors (Lipinski definition) is 7. The zero-order valence-corrected chi connectivity index (χ0v) is 17.0. The third kappa shape index (κ3) is 6.39. The van der Waals surface area contributed by atoms with Crippen molar-refractivity contribution >= 4 is 22.0 Å². The van der Waals surface area contributed by atoms with Gasteiger partial charge in [0.2, 0.25) is 10.0 Å². The molecule has 0 spiro atoms. The van der Waals surface area contributed by atoms with Gasteiger partial charge in [-0.1, -0.05) is 0 Å². The molecule has 0 aliphatic carbocycles. The Hall–Kier alpha value is -2.21. The summed E-state index contributed by atoms with van der Waals surface area (Å²) >= 11 is 0. The lowest BCUT2D eigenvalue weighted by Gasteiger charge is -2.39. The molecule has 162 valence electrons. The van der Waals surface area contributed by atoms with E-state index in [1.807, 2.05) is 0 Å². The van der Waals surface area contributed by atoms with Crippen LogP contribution >= 0.6 is 0 Å². The van der Waals surface area contributed by atoms with Crippen molar-refractivity contribution < 1.29 is 37.7 Å². The molecule has 11 heteroatoms. The van der Waals surface area contributed by atoms with Crippen LogP contribution < -0.4 is 4.74 Å². The highest BCUT2D eigenvalue weighted by molar-refractivity contribution is 7.89. The summed E-state index contributed by atoms with van der Waals surface area (Å²) in [7, 11) is -1.84. The summed E-state index contributed by atoms with van der Waals surface area (Å²) in [6.07, 6.45) is 1.77. The maximum atomic E-state index is 12.7. The van der Waals surface area contributed by atoms with Crippen LogP contribution in [0.1, 0.15) is 12.8 Å². The van der Waals surface area contributed by atoms with Gasteiger partial charge < -0.3 is 19.7 Å². The third-order valence-corrected chi connectivity index (χ3v) is 6.78. The van der Waals surface area contributed by atoms with Gasteiger partial charge in [0.25, 0.3) is 0 Å². The number of ether oxygens (including phenoxy) is 2. The van der Waals surface area contributed by atoms with Crippen molar-refractivity contribution in [3.63, 3.8) is 0 Å². The number of aliphatic carboxylic acids is 2. The average molecular weight is 430 g/mol. The predicted molar refractivity (Wildman–Crippen MR) is 102 cm³/mol. The van der Waals surface area contributed by atoms with Crippen LogP contribution in [0.2, 0.25) is 0 Å². The van der Waals surface area contributed by atoms with Crippen molar-refractivity contribution in [3.05, 3.63) is 24.3 Å². The first kappa shape index (κ1) is 23.1. The molecule has 1 aromatic rings. The van der Waals surface area contributed by atoms with E-state index in [0.29, 0.717) is 29.8 Å². The summed E-state index contributed by atoms with van der Waals surface area (Å²) in [4.78, 5) is 21.0. The monoisotopic (exact) mass is 430 g/mol. The van der Waals surface area contributed by atoms with Crippen LogP contribution in [0.25, 0.3) is 0 Å². The number of hydrogen-bond donors (Lipinski definition) is 2. The lowest BCUT2D eigenvalue weighted by atomic mass is 10.0. The van der Waals surface area contributed by atoms with Crippen molar-refractivity contribution in [1.82, 2.24) is 9.21 Å². The summed E-state index contributed by atoms with van der Waals surface area (Å²) in [5, 5.41) is 14.8. The first-order chi connectivity index (χ1) is 13.8. The molecule has 0 aromatic heterocycles. The number of piperidine rings is 1. The van der Waals surface area contributed by atoms with Crippen molar-refractivity contribution in [2.24, 2.45) is 0 Å². The lowest BCUT2D eigenvalue weighted by molar-refractivity contribution is -0.159. The van der Waals surface area contributed by atoms with Crippen molar-refractivity contribution in [2.75, 3.05) is 46.5 Å². The molecule has 2 fully saturated rings. The molecule has 0 unspecified atom stereocenters. The Kier molecular flexibility index (Phi) is 8.38. The molecule has 2 aliphatic heterocycles. The van der Waals surface area contributed by atoms with Crippen LogP contribution in [0.15, 0.2) is 29.2 Å². The Bertz CT molecular complexity index is 771. The van der Waals surface area contributed by atoms with E-state index in [9.17, 15) is 8.42 Å². The van der Waals surface area contributed by atoms with E-state index in [4.69, 9.17) is 29.3 Å². The summed E-state index contributed by atoms with van der Waals surface area (Å²) in [6, 6.07) is 7.08. The maximum absolute atomic E-state index is 12.7. The SMILES string of the molecule is COc1ccc(S(=O)(=O)N2CCC(N3CCOCC3)CC2)cc1.O=C(O)C(=O)O. The van der Waals surface area contributed by atoms with E-state index in [1.165, 1.54) is 0 Å². The smallest absolute Gasteiger partial charge is 0.414 e. The number of methoxy groups -OCH3 is 1. The van der Waals surface area contributed by atoms with E-state index in [0.717, 1.165) is 39.1 Å². The van der Waals surface area contributed by atoms with Crippen LogP contribution in [-0.4, -0.2) is 92.3 Å². The number of carboxylic acids is 2. The molecule has 2 aliphatic rings. The van der Waals surface area contributed by atoms with Gasteiger partial charge in [-0.2, -0.15) is 4.31 Å². The fraction of sp³-hybridized carbons (Fsp3) is 0.556. The van der Waals surface area contributed by atoms with E-state index >= 15 is 0 Å². The zero-order valence-electron chi connectivity index (χ0n) is 16.2. The topological polar surface area (TPSA) is 134 Å². The Labute approximate surface area is 169 Å². The van der Waals surface area contributed by atoms with Gasteiger partial charge in [-0.25, -0.2) is 18.0 Å². The van der Waals surface area contributed by atoms with Gasteiger partial charge >= 0.3 is 11.9 Å². The molecule has 0 saturated carbocycles. The molecule has 2 N–H and O–H groups in total. The first-order valence-electron chi connectivity index (χ1n) is 9.18. The van der Waals surface area contributed by atoms with Crippen LogP contribution in [0.5, 0.6) is 5.75 Å². The number of rotatable bonds is 4. The van der Waals surface area contributed by atoms with Gasteiger partial charge in [-0.3, -0.25) is 4.90 Å². The van der Waals surface area contributed by atoms with Crippen LogP contribution in [0.4, 0.5) is 0 Å². The van der Waals surface area contributed by atoms with Crippen LogP contribution in [0, 0.1) is 0 Å². The standard InChI is InChI=1S/C16H24N2O4S.C2H2O4/c1-21-15-2-4-16(5-3-15)23(19,20)18-8-6-14(7-9-18)17-10-12-22-13-11-17;3-1(4)2(5)6/h2-5,14H,6-13H2,1H3;(H,3,4)(H,5,6). The van der Waals surface area contributed by atoms with Gasteiger partial charge in [0.15, 0.2) is 0 Å². The molecule has 29 heavy (non-hydrogen) atoms. The van der Waals surface area contributed by atoms with Crippen molar-refractivity contribution in [3.8, 4) is 5.75 Å². The Balaban J connectivity index is 0.000000438. The zero-order chi connectivity index (χ0) is 21.4. The predicted octanol–water partition coefficient (Wildman–Crippen LogP) is 0.336. The van der Waals surface area contributed by atoms with E-state index < -0.39 is 22.0 Å². The largest absolute Gasteiger partial charge is 0.497 e. The van der Waals surface area contributed by atoms with Crippen LogP contribution in [0.3, 0.4) is 0 Å². The molecule has 0 radical (unpaired) electrons. The number of benzene rings is 1. The molecular weight excluding hydrogens is 404 g/mol. The molecule has 10 nitrogen and oxygen atoms in total. The molecule has 0 amide bonds. The summed E-state index contributed by atoms with van der Waals surface area (Å²) in [5.74, 6) is -2.99. The highest BCUT2D eigenvalue weighted by atomic mass is 32.2. The van der Waals surface area contributed by atoms with E-state index in [1.54, 1.807) is 35.7 Å². The Morgan fingerprint density at radius 3 is 1.97 bits per heavy atom. The summed E-state index contributed by atoms with van der Waals surface area (Å²) in [5.41, 5.74) is 0. The third-order valence-electron chi connectivity index (χ3n) is 4.87. The second kappa shape index (κ2) is 10.5. The fourth-order valence-electron chi connectivity index (χ4n) is 3.29. The summed E-state index contributed by atoms with van der Waals surface area (Å²) in [6.45, 7) is 4.63. The first-order valence-corrected chi connectivity index (χ1v) is 10.6. The van der Waals surface area contributed by atoms with Gasteiger partial charge in [0.05, 0.1) is 25.2 Å². The second-order valence-corrected chi connectivity index (χ2v) is 8.51. The number of carboxylic acid groups (broad SMARTS) is 2. The van der Waals surface area contributed by atoms with E-state index in [2.05, 4.69) is 4.90 Å². The molecule has 3 rings (SSSR count). The lowest BCUT2D eigenvalue weighted by Crippen LogP contribution is -2.50. The van der Waals surface area contributed by atoms with Crippen LogP contribution in [-0.2, 0) is 24.3 Å². The normalized spacial score (nSPS) is 19.1. The second-order valence-electron chi connectivity index (χ2n) is 6.57. The van der Waals surface area contributed by atoms with Gasteiger partial charge in [-0.05, 0) is 37.1 Å². The molecule has 0 bridgehead atoms. The Morgan fingerprint density at radius 2 is 1.52 bits per heavy atom. The molecule has 0 atom stereocenters. The van der Waals surface area contributed by atoms with Gasteiger partial charge in [-0.15, -0.1) is 0 Å². The molecular formula is C18H26N2O8S. The van der Waals surface area contributed by atoms with Crippen molar-refractivity contribution in [2.45, 2.75) is 23.8 Å². The van der Waals surface area contributed by atoms with E-state index in [-0.39, 0.29) is 0 Å². The quantitative estimate of drug-likeness (QED) is 0.648. The highest BCUT2D eigenvalue weighted by Gasteiger charge is 2.32. The number of sulfonamides is 1. The minimum Gasteiger partial charge on any atom is -0.497 e. The molecule has 2 saturated heterocycles. The minimum absolute atomic E-state index is 0.336. The molecule has 2 heterocycles. The van der Waals surface area contributed by atoms with Gasteiger partial charge in [0, 0.05) is 32.2 Å². The minimum atomic E-state index is -3.41. The number of nitrogens with zero attached hydrogens (tertiary/aromatic N) is 2. The summed E-state index contributed by atoms with van der Waals surface area (Å²) < 4.78 is 37.5.